The third-order valence-electron chi connectivity index (χ3n) is 4.06. The number of amides is 1. The van der Waals surface area contributed by atoms with Crippen molar-refractivity contribution in [1.29, 1.82) is 0 Å². The van der Waals surface area contributed by atoms with Crippen molar-refractivity contribution in [2.24, 2.45) is 11.3 Å². The lowest BCUT2D eigenvalue weighted by Crippen LogP contribution is -2.43. The molecule has 1 aromatic rings. The highest BCUT2D eigenvalue weighted by Crippen LogP contribution is 2.46. The van der Waals surface area contributed by atoms with Crippen LogP contribution in [-0.2, 0) is 4.79 Å². The van der Waals surface area contributed by atoms with Crippen LogP contribution >= 0.6 is 0 Å². The van der Waals surface area contributed by atoms with Crippen LogP contribution in [0.1, 0.15) is 49.9 Å². The van der Waals surface area contributed by atoms with Crippen molar-refractivity contribution in [2.75, 3.05) is 5.32 Å². The van der Waals surface area contributed by atoms with Crippen molar-refractivity contribution >= 4 is 17.6 Å². The van der Waals surface area contributed by atoms with Gasteiger partial charge in [-0.25, -0.2) is 9.18 Å². The number of rotatable bonds is 5. The first kappa shape index (κ1) is 15.5. The Morgan fingerprint density at radius 1 is 1.38 bits per heavy atom. The number of hydrogen-bond acceptors (Lipinski definition) is 2. The van der Waals surface area contributed by atoms with E-state index in [-0.39, 0.29) is 17.2 Å². The minimum atomic E-state index is -1.19. The van der Waals surface area contributed by atoms with Crippen LogP contribution in [0.2, 0.25) is 0 Å². The zero-order chi connectivity index (χ0) is 15.6. The Morgan fingerprint density at radius 2 is 2.05 bits per heavy atom. The summed E-state index contributed by atoms with van der Waals surface area (Å²) < 4.78 is 13.9. The first-order valence-corrected chi connectivity index (χ1v) is 7.18. The molecule has 1 saturated carbocycles. The predicted molar refractivity (Wildman–Crippen MR) is 77.7 cm³/mol. The summed E-state index contributed by atoms with van der Waals surface area (Å²) in [4.78, 5) is 23.2. The maximum Gasteiger partial charge on any atom is 0.335 e. The van der Waals surface area contributed by atoms with Crippen LogP contribution in [0, 0.1) is 17.2 Å². The minimum Gasteiger partial charge on any atom is -0.478 e. The molecule has 0 radical (unpaired) electrons. The highest BCUT2D eigenvalue weighted by molar-refractivity contribution is 5.96. The van der Waals surface area contributed by atoms with E-state index in [0.29, 0.717) is 5.92 Å². The van der Waals surface area contributed by atoms with E-state index in [0.717, 1.165) is 31.7 Å². The van der Waals surface area contributed by atoms with E-state index >= 15 is 0 Å². The minimum absolute atomic E-state index is 0.0417. The van der Waals surface area contributed by atoms with Gasteiger partial charge in [-0.3, -0.25) is 4.79 Å². The summed E-state index contributed by atoms with van der Waals surface area (Å²) in [5.74, 6) is -1.68. The van der Waals surface area contributed by atoms with E-state index in [1.807, 2.05) is 0 Å². The molecule has 0 heterocycles. The molecule has 1 fully saturated rings. The molecule has 5 heteroatoms. The summed E-state index contributed by atoms with van der Waals surface area (Å²) in [7, 11) is 0. The van der Waals surface area contributed by atoms with Gasteiger partial charge in [-0.15, -0.1) is 0 Å². The van der Waals surface area contributed by atoms with Gasteiger partial charge in [0.05, 0.1) is 11.3 Å². The molecule has 0 atom stereocenters. The second-order valence-corrected chi connectivity index (χ2v) is 6.19. The van der Waals surface area contributed by atoms with Crippen molar-refractivity contribution in [1.82, 2.24) is 0 Å². The molecule has 1 aliphatic rings. The maximum absolute atomic E-state index is 13.9. The molecule has 1 aliphatic carbocycles. The highest BCUT2D eigenvalue weighted by atomic mass is 19.1. The average molecular weight is 293 g/mol. The molecule has 0 saturated heterocycles. The van der Waals surface area contributed by atoms with Crippen LogP contribution in [0.25, 0.3) is 0 Å². The van der Waals surface area contributed by atoms with Crippen molar-refractivity contribution in [3.8, 4) is 0 Å². The second kappa shape index (κ2) is 5.84. The summed E-state index contributed by atoms with van der Waals surface area (Å²) in [6.07, 6.45) is 3.45. The topological polar surface area (TPSA) is 66.4 Å². The number of nitrogens with one attached hydrogen (secondary N) is 1. The van der Waals surface area contributed by atoms with Crippen molar-refractivity contribution in [3.63, 3.8) is 0 Å². The van der Waals surface area contributed by atoms with E-state index in [4.69, 9.17) is 5.11 Å². The molecule has 21 heavy (non-hydrogen) atoms. The van der Waals surface area contributed by atoms with E-state index < -0.39 is 17.2 Å². The number of hydrogen-bond donors (Lipinski definition) is 2. The monoisotopic (exact) mass is 293 g/mol. The number of carbonyl (C=O) groups excluding carboxylic acids is 1. The molecule has 4 nitrogen and oxygen atoms in total. The van der Waals surface area contributed by atoms with E-state index in [1.54, 1.807) is 0 Å². The van der Waals surface area contributed by atoms with E-state index in [2.05, 4.69) is 19.2 Å². The van der Waals surface area contributed by atoms with Crippen LogP contribution in [0.4, 0.5) is 10.1 Å². The lowest BCUT2D eigenvalue weighted by atomic mass is 9.64. The van der Waals surface area contributed by atoms with Gasteiger partial charge < -0.3 is 10.4 Å². The molecule has 0 spiro atoms. The summed E-state index contributed by atoms with van der Waals surface area (Å²) >= 11 is 0. The smallest absolute Gasteiger partial charge is 0.335 e. The van der Waals surface area contributed by atoms with Gasteiger partial charge in [0.1, 0.15) is 5.82 Å². The van der Waals surface area contributed by atoms with E-state index in [9.17, 15) is 14.0 Å². The fourth-order valence-corrected chi connectivity index (χ4v) is 2.91. The standard InChI is InChI=1S/C16H20FNO3/c1-10(2)9-16(6-3-7-16)15(21)18-13-5-4-11(14(19)20)8-12(13)17/h4-5,8,10H,3,6-7,9H2,1-2H3,(H,18,21)(H,19,20). The Morgan fingerprint density at radius 3 is 2.48 bits per heavy atom. The number of carboxylic acid groups (broad SMARTS) is 1. The van der Waals surface area contributed by atoms with Gasteiger partial charge in [0.15, 0.2) is 0 Å². The fourth-order valence-electron chi connectivity index (χ4n) is 2.91. The molecule has 2 rings (SSSR count). The lowest BCUT2D eigenvalue weighted by Gasteiger charge is -2.41. The molecule has 0 unspecified atom stereocenters. The summed E-state index contributed by atoms with van der Waals surface area (Å²) in [5.41, 5.74) is -0.488. The van der Waals surface area contributed by atoms with E-state index in [1.165, 1.54) is 12.1 Å². The number of carbonyl (C=O) groups is 2. The molecule has 0 aliphatic heterocycles. The van der Waals surface area contributed by atoms with Crippen LogP contribution in [0.15, 0.2) is 18.2 Å². The van der Waals surface area contributed by atoms with Gasteiger partial charge in [-0.05, 0) is 43.4 Å². The first-order chi connectivity index (χ1) is 9.84. The summed E-state index contributed by atoms with van der Waals surface area (Å²) in [5, 5.41) is 11.4. The van der Waals surface area contributed by atoms with Gasteiger partial charge in [0, 0.05) is 5.41 Å². The molecule has 1 aromatic carbocycles. The predicted octanol–water partition coefficient (Wildman–Crippen LogP) is 3.68. The molecule has 1 amide bonds. The average Bonchev–Trinajstić information content (AvgIpc) is 2.35. The number of benzene rings is 1. The zero-order valence-corrected chi connectivity index (χ0v) is 12.3. The maximum atomic E-state index is 13.9. The normalized spacial score (nSPS) is 16.4. The Bertz CT molecular complexity index is 565. The Labute approximate surface area is 123 Å². The highest BCUT2D eigenvalue weighted by Gasteiger charge is 2.44. The second-order valence-electron chi connectivity index (χ2n) is 6.19. The summed E-state index contributed by atoms with van der Waals surface area (Å²) in [6.45, 7) is 4.13. The molecule has 0 bridgehead atoms. The SMILES string of the molecule is CC(C)CC1(C(=O)Nc2ccc(C(=O)O)cc2F)CCC1. The Kier molecular flexibility index (Phi) is 4.30. The van der Waals surface area contributed by atoms with Crippen molar-refractivity contribution in [2.45, 2.75) is 39.5 Å². The number of carboxylic acids is 1. The third-order valence-corrected chi connectivity index (χ3v) is 4.06. The lowest BCUT2D eigenvalue weighted by molar-refractivity contribution is -0.131. The number of halogens is 1. The van der Waals surface area contributed by atoms with Crippen LogP contribution in [0.3, 0.4) is 0 Å². The van der Waals surface area contributed by atoms with Gasteiger partial charge in [0.25, 0.3) is 0 Å². The Balaban J connectivity index is 2.14. The molecule has 114 valence electrons. The summed E-state index contributed by atoms with van der Waals surface area (Å²) in [6, 6.07) is 3.52. The number of aromatic carboxylic acids is 1. The van der Waals surface area contributed by atoms with Crippen molar-refractivity contribution in [3.05, 3.63) is 29.6 Å². The quantitative estimate of drug-likeness (QED) is 0.870. The van der Waals surface area contributed by atoms with Crippen LogP contribution in [0.5, 0.6) is 0 Å². The molecule has 2 N–H and O–H groups in total. The van der Waals surface area contributed by atoms with Crippen LogP contribution < -0.4 is 5.32 Å². The third kappa shape index (κ3) is 3.23. The van der Waals surface area contributed by atoms with Gasteiger partial charge >= 0.3 is 5.97 Å². The van der Waals surface area contributed by atoms with Gasteiger partial charge in [-0.1, -0.05) is 20.3 Å². The first-order valence-electron chi connectivity index (χ1n) is 7.18. The van der Waals surface area contributed by atoms with Crippen LogP contribution in [-0.4, -0.2) is 17.0 Å². The fraction of sp³-hybridized carbons (Fsp3) is 0.500. The molecule has 0 aromatic heterocycles. The number of anilines is 1. The van der Waals surface area contributed by atoms with Gasteiger partial charge in [-0.2, -0.15) is 0 Å². The zero-order valence-electron chi connectivity index (χ0n) is 12.3. The molecular formula is C16H20FNO3. The van der Waals surface area contributed by atoms with Crippen molar-refractivity contribution < 1.29 is 19.1 Å². The largest absolute Gasteiger partial charge is 0.478 e. The van der Waals surface area contributed by atoms with Gasteiger partial charge in [0.2, 0.25) is 5.91 Å². The molecular weight excluding hydrogens is 273 g/mol. The Hall–Kier alpha value is -1.91.